The van der Waals surface area contributed by atoms with Crippen molar-refractivity contribution in [3.8, 4) is 5.88 Å². The number of ether oxygens (including phenoxy) is 2. The van der Waals surface area contributed by atoms with Gasteiger partial charge in [0.15, 0.2) is 5.96 Å². The van der Waals surface area contributed by atoms with Gasteiger partial charge in [-0.3, -0.25) is 0 Å². The second kappa shape index (κ2) is 12.0. The summed E-state index contributed by atoms with van der Waals surface area (Å²) in [5, 5.41) is 10.8. The molecule has 0 fully saturated rings. The number of aliphatic imine (C=N–C) groups is 1. The summed E-state index contributed by atoms with van der Waals surface area (Å²) >= 11 is 0. The lowest BCUT2D eigenvalue weighted by Gasteiger charge is -2.13. The van der Waals surface area contributed by atoms with Crippen molar-refractivity contribution < 1.29 is 14.0 Å². The van der Waals surface area contributed by atoms with Gasteiger partial charge in [-0.25, -0.2) is 9.98 Å². The number of methoxy groups -OCH3 is 1. The van der Waals surface area contributed by atoms with Gasteiger partial charge < -0.3 is 24.6 Å². The molecule has 0 aliphatic rings. The Hall–Kier alpha value is -2.61. The minimum absolute atomic E-state index is 0.454. The number of nitrogens with one attached hydrogen (secondary N) is 2. The molecule has 2 rings (SSSR count). The van der Waals surface area contributed by atoms with Crippen molar-refractivity contribution in [1.29, 1.82) is 0 Å². The molecule has 0 aromatic carbocycles. The molecule has 0 aliphatic heterocycles. The fourth-order valence-corrected chi connectivity index (χ4v) is 2.71. The van der Waals surface area contributed by atoms with Crippen LogP contribution in [0.4, 0.5) is 0 Å². The molecule has 0 radical (unpaired) electrons. The van der Waals surface area contributed by atoms with Gasteiger partial charge in [-0.2, -0.15) is 0 Å². The van der Waals surface area contributed by atoms with E-state index in [-0.39, 0.29) is 0 Å². The summed E-state index contributed by atoms with van der Waals surface area (Å²) < 4.78 is 16.1. The molecular weight excluding hydrogens is 358 g/mol. The first-order valence-electron chi connectivity index (χ1n) is 9.77. The lowest BCUT2D eigenvalue weighted by atomic mass is 10.1. The Balaban J connectivity index is 2.06. The van der Waals surface area contributed by atoms with Crippen LogP contribution in [-0.2, 0) is 30.7 Å². The third kappa shape index (κ3) is 6.23. The summed E-state index contributed by atoms with van der Waals surface area (Å²) in [7, 11) is 1.64. The number of rotatable bonds is 11. The van der Waals surface area contributed by atoms with Gasteiger partial charge in [-0.1, -0.05) is 25.1 Å². The number of aromatic nitrogens is 2. The number of hydrogen-bond donors (Lipinski definition) is 2. The maximum atomic E-state index is 5.68. The van der Waals surface area contributed by atoms with Crippen LogP contribution in [-0.4, -0.2) is 43.0 Å². The fourth-order valence-electron chi connectivity index (χ4n) is 2.71. The Morgan fingerprint density at radius 2 is 2.04 bits per heavy atom. The summed E-state index contributed by atoms with van der Waals surface area (Å²) in [5.74, 6) is 2.22. The molecule has 0 unspecified atom stereocenters. The average Bonchev–Trinajstić information content (AvgIpc) is 3.13. The van der Waals surface area contributed by atoms with E-state index in [1.54, 1.807) is 13.3 Å². The topological polar surface area (TPSA) is 93.8 Å². The zero-order valence-electron chi connectivity index (χ0n) is 17.2. The van der Waals surface area contributed by atoms with Crippen LogP contribution < -0.4 is 15.4 Å². The van der Waals surface area contributed by atoms with Crippen molar-refractivity contribution in [3.05, 3.63) is 40.9 Å². The van der Waals surface area contributed by atoms with Crippen molar-refractivity contribution in [3.63, 3.8) is 0 Å². The van der Waals surface area contributed by atoms with Crippen LogP contribution in [0, 0.1) is 0 Å². The summed E-state index contributed by atoms with van der Waals surface area (Å²) in [6.45, 7) is 8.99. The van der Waals surface area contributed by atoms with E-state index in [4.69, 9.17) is 14.0 Å². The van der Waals surface area contributed by atoms with Crippen LogP contribution >= 0.6 is 0 Å². The number of pyridine rings is 1. The molecule has 0 amide bonds. The molecule has 2 N–H and O–H groups in total. The van der Waals surface area contributed by atoms with E-state index in [0.717, 1.165) is 47.9 Å². The molecule has 2 heterocycles. The Morgan fingerprint density at radius 1 is 1.18 bits per heavy atom. The molecular formula is C20H31N5O3. The summed E-state index contributed by atoms with van der Waals surface area (Å²) in [5.41, 5.74) is 3.02. The Bertz CT molecular complexity index is 724. The maximum Gasteiger partial charge on any atom is 0.218 e. The van der Waals surface area contributed by atoms with Gasteiger partial charge in [0.1, 0.15) is 12.4 Å². The SMILES string of the molecule is CCNC(=NCc1cccnc1OCCOC)NCc1c(CC)noc1CC. The molecule has 0 saturated carbocycles. The highest BCUT2D eigenvalue weighted by Crippen LogP contribution is 2.16. The van der Waals surface area contributed by atoms with E-state index in [0.29, 0.717) is 32.2 Å². The Morgan fingerprint density at radius 3 is 2.75 bits per heavy atom. The largest absolute Gasteiger partial charge is 0.475 e. The van der Waals surface area contributed by atoms with Crippen molar-refractivity contribution in [2.45, 2.75) is 46.7 Å². The molecule has 2 aromatic rings. The molecule has 8 nitrogen and oxygen atoms in total. The second-order valence-corrected chi connectivity index (χ2v) is 6.10. The van der Waals surface area contributed by atoms with Crippen molar-refractivity contribution in [1.82, 2.24) is 20.8 Å². The highest BCUT2D eigenvalue weighted by molar-refractivity contribution is 5.79. The first-order valence-corrected chi connectivity index (χ1v) is 9.77. The number of nitrogens with zero attached hydrogens (tertiary/aromatic N) is 3. The normalized spacial score (nSPS) is 11.5. The van der Waals surface area contributed by atoms with Gasteiger partial charge in [0.25, 0.3) is 0 Å². The van der Waals surface area contributed by atoms with Crippen LogP contribution in [0.2, 0.25) is 0 Å². The average molecular weight is 390 g/mol. The molecule has 154 valence electrons. The summed E-state index contributed by atoms with van der Waals surface area (Å²) in [4.78, 5) is 8.97. The third-order valence-corrected chi connectivity index (χ3v) is 4.17. The lowest BCUT2D eigenvalue weighted by Crippen LogP contribution is -2.37. The molecule has 0 atom stereocenters. The number of hydrogen-bond acceptors (Lipinski definition) is 6. The van der Waals surface area contributed by atoms with E-state index in [1.165, 1.54) is 0 Å². The number of guanidine groups is 1. The molecule has 8 heteroatoms. The van der Waals surface area contributed by atoms with Gasteiger partial charge in [0.05, 0.1) is 18.8 Å². The summed E-state index contributed by atoms with van der Waals surface area (Å²) in [6, 6.07) is 3.85. The molecule has 2 aromatic heterocycles. The predicted octanol–water partition coefficient (Wildman–Crippen LogP) is 2.47. The van der Waals surface area contributed by atoms with Crippen LogP contribution in [0.15, 0.2) is 27.8 Å². The standard InChI is InChI=1S/C20H31N5O3/c1-5-17-16(18(6-2)28-25-17)14-24-20(21-7-3)23-13-15-9-8-10-22-19(15)27-12-11-26-4/h8-10H,5-7,11-14H2,1-4H3,(H2,21,23,24). The maximum absolute atomic E-state index is 5.68. The molecule has 0 aliphatic carbocycles. The quantitative estimate of drug-likeness (QED) is 0.346. The predicted molar refractivity (Wildman–Crippen MR) is 109 cm³/mol. The van der Waals surface area contributed by atoms with Crippen LogP contribution in [0.25, 0.3) is 0 Å². The monoisotopic (exact) mass is 389 g/mol. The zero-order valence-corrected chi connectivity index (χ0v) is 17.2. The fraction of sp³-hybridized carbons (Fsp3) is 0.550. The Labute approximate surface area is 166 Å². The number of aryl methyl sites for hydroxylation is 2. The van der Waals surface area contributed by atoms with E-state index in [1.807, 2.05) is 19.1 Å². The van der Waals surface area contributed by atoms with Gasteiger partial charge in [-0.15, -0.1) is 0 Å². The molecule has 0 bridgehead atoms. The van der Waals surface area contributed by atoms with Crippen LogP contribution in [0.3, 0.4) is 0 Å². The third-order valence-electron chi connectivity index (χ3n) is 4.17. The highest BCUT2D eigenvalue weighted by Gasteiger charge is 2.13. The van der Waals surface area contributed by atoms with Crippen molar-refractivity contribution >= 4 is 5.96 Å². The minimum Gasteiger partial charge on any atom is -0.475 e. The van der Waals surface area contributed by atoms with E-state index in [9.17, 15) is 0 Å². The summed E-state index contributed by atoms with van der Waals surface area (Å²) in [6.07, 6.45) is 3.37. The van der Waals surface area contributed by atoms with Crippen molar-refractivity contribution in [2.24, 2.45) is 4.99 Å². The van der Waals surface area contributed by atoms with Gasteiger partial charge in [-0.05, 0) is 19.4 Å². The van der Waals surface area contributed by atoms with E-state index < -0.39 is 0 Å². The first kappa shape index (κ1) is 21.7. The van der Waals surface area contributed by atoms with Gasteiger partial charge in [0, 0.05) is 43.9 Å². The molecule has 28 heavy (non-hydrogen) atoms. The van der Waals surface area contributed by atoms with Gasteiger partial charge >= 0.3 is 0 Å². The molecule has 0 saturated heterocycles. The Kier molecular flexibility index (Phi) is 9.27. The van der Waals surface area contributed by atoms with E-state index in [2.05, 4.69) is 39.6 Å². The molecule has 0 spiro atoms. The highest BCUT2D eigenvalue weighted by atomic mass is 16.5. The van der Waals surface area contributed by atoms with Crippen LogP contribution in [0.5, 0.6) is 5.88 Å². The minimum atomic E-state index is 0.454. The van der Waals surface area contributed by atoms with Gasteiger partial charge in [0.2, 0.25) is 5.88 Å². The van der Waals surface area contributed by atoms with Crippen LogP contribution in [0.1, 0.15) is 43.4 Å². The second-order valence-electron chi connectivity index (χ2n) is 6.10. The smallest absolute Gasteiger partial charge is 0.218 e. The first-order chi connectivity index (χ1) is 13.7. The van der Waals surface area contributed by atoms with Crippen molar-refractivity contribution in [2.75, 3.05) is 26.9 Å². The lowest BCUT2D eigenvalue weighted by molar-refractivity contribution is 0.143. The van der Waals surface area contributed by atoms with E-state index >= 15 is 0 Å². The zero-order chi connectivity index (χ0) is 20.2.